The van der Waals surface area contributed by atoms with Gasteiger partial charge in [-0.1, -0.05) is 37.4 Å². The van der Waals surface area contributed by atoms with Crippen molar-refractivity contribution in [1.29, 1.82) is 0 Å². The fraction of sp³-hybridized carbons (Fsp3) is 0. The van der Waals surface area contributed by atoms with Crippen LogP contribution < -0.4 is 0 Å². The molecule has 0 fully saturated rings. The van der Waals surface area contributed by atoms with Crippen molar-refractivity contribution in [1.82, 2.24) is 4.48 Å². The molecule has 0 radical (unpaired) electrons. The van der Waals surface area contributed by atoms with Gasteiger partial charge in [0, 0.05) is 22.2 Å². The van der Waals surface area contributed by atoms with Crippen LogP contribution in [0, 0.1) is 0 Å². The minimum absolute atomic E-state index is 1.13. The van der Waals surface area contributed by atoms with Crippen LogP contribution in [0.3, 0.4) is 0 Å². The van der Waals surface area contributed by atoms with Gasteiger partial charge in [-0.05, 0) is 12.1 Å². The summed E-state index contributed by atoms with van der Waals surface area (Å²) >= 11 is 0. The molecular formula is C12H12BN. The van der Waals surface area contributed by atoms with Gasteiger partial charge < -0.3 is 4.48 Å². The molecule has 0 atom stereocenters. The number of benzene rings is 1. The van der Waals surface area contributed by atoms with Gasteiger partial charge in [0.1, 0.15) is 0 Å². The lowest BCUT2D eigenvalue weighted by Crippen LogP contribution is -1.93. The lowest BCUT2D eigenvalue weighted by atomic mass is 10.1. The van der Waals surface area contributed by atoms with Crippen LogP contribution >= 0.6 is 0 Å². The van der Waals surface area contributed by atoms with Crippen LogP contribution in [0.2, 0.25) is 0 Å². The standard InChI is InChI=1S/C12H12BN/c1-3-9-10-7-5-6-8-12(10)14(13)11(9)4-2/h3-8H,1-2,13H2. The average molecular weight is 181 g/mol. The zero-order valence-electron chi connectivity index (χ0n) is 8.33. The smallest absolute Gasteiger partial charge is 0.223 e. The normalized spacial score (nSPS) is 10.3. The van der Waals surface area contributed by atoms with Crippen LogP contribution in [0.5, 0.6) is 0 Å². The van der Waals surface area contributed by atoms with Crippen LogP contribution in [0.4, 0.5) is 0 Å². The summed E-state index contributed by atoms with van der Waals surface area (Å²) in [6.07, 6.45) is 3.76. The summed E-state index contributed by atoms with van der Waals surface area (Å²) in [7, 11) is 2.05. The number of hydrogen-bond donors (Lipinski definition) is 0. The van der Waals surface area contributed by atoms with Crippen molar-refractivity contribution in [2.45, 2.75) is 0 Å². The largest absolute Gasteiger partial charge is 0.393 e. The van der Waals surface area contributed by atoms with Crippen molar-refractivity contribution < 1.29 is 0 Å². The Balaban J connectivity index is 2.98. The van der Waals surface area contributed by atoms with Gasteiger partial charge in [0.25, 0.3) is 0 Å². The van der Waals surface area contributed by atoms with Crippen LogP contribution in [-0.4, -0.2) is 12.5 Å². The fourth-order valence-electron chi connectivity index (χ4n) is 1.90. The van der Waals surface area contributed by atoms with E-state index in [-0.39, 0.29) is 0 Å². The Labute approximate surface area is 84.8 Å². The molecule has 0 unspecified atom stereocenters. The van der Waals surface area contributed by atoms with E-state index in [0.717, 1.165) is 11.3 Å². The molecule has 1 nitrogen and oxygen atoms in total. The fourth-order valence-corrected chi connectivity index (χ4v) is 1.90. The lowest BCUT2D eigenvalue weighted by molar-refractivity contribution is 1.28. The number of para-hydroxylation sites is 1. The molecule has 0 spiro atoms. The molecule has 14 heavy (non-hydrogen) atoms. The maximum atomic E-state index is 3.84. The van der Waals surface area contributed by atoms with Gasteiger partial charge in [0.2, 0.25) is 7.98 Å². The third kappa shape index (κ3) is 1.04. The molecule has 2 rings (SSSR count). The maximum absolute atomic E-state index is 3.84. The molecule has 0 amide bonds. The first-order valence-electron chi connectivity index (χ1n) is 4.62. The minimum Gasteiger partial charge on any atom is -0.393 e. The average Bonchev–Trinajstić information content (AvgIpc) is 2.51. The predicted octanol–water partition coefficient (Wildman–Crippen LogP) is 2.32. The van der Waals surface area contributed by atoms with Gasteiger partial charge >= 0.3 is 0 Å². The molecule has 0 aliphatic heterocycles. The molecule has 0 aliphatic rings. The number of rotatable bonds is 2. The molecule has 0 aliphatic carbocycles. The van der Waals surface area contributed by atoms with Gasteiger partial charge in [0.15, 0.2) is 0 Å². The second kappa shape index (κ2) is 3.22. The Kier molecular flexibility index (Phi) is 2.04. The molecule has 0 N–H and O–H groups in total. The van der Waals surface area contributed by atoms with E-state index in [1.807, 2.05) is 32.3 Å². The highest BCUT2D eigenvalue weighted by Crippen LogP contribution is 2.26. The SMILES string of the molecule is Bn1c(C=C)c(C=C)c2ccccc21. The van der Waals surface area contributed by atoms with E-state index < -0.39 is 0 Å². The van der Waals surface area contributed by atoms with E-state index >= 15 is 0 Å². The molecule has 1 aromatic heterocycles. The molecule has 2 heteroatoms. The van der Waals surface area contributed by atoms with E-state index in [0.29, 0.717) is 0 Å². The first kappa shape index (κ1) is 8.88. The number of fused-ring (bicyclic) bond motifs is 1. The van der Waals surface area contributed by atoms with Crippen molar-refractivity contribution in [3.05, 3.63) is 48.7 Å². The molecule has 0 saturated heterocycles. The summed E-state index contributed by atoms with van der Waals surface area (Å²) in [6, 6.07) is 8.30. The summed E-state index contributed by atoms with van der Waals surface area (Å²) in [5.41, 5.74) is 3.51. The molecule has 1 aromatic carbocycles. The van der Waals surface area contributed by atoms with Crippen molar-refractivity contribution in [3.8, 4) is 0 Å². The highest BCUT2D eigenvalue weighted by atomic mass is 14.9. The first-order valence-corrected chi connectivity index (χ1v) is 4.62. The zero-order chi connectivity index (χ0) is 10.1. The third-order valence-corrected chi connectivity index (χ3v) is 2.59. The van der Waals surface area contributed by atoms with E-state index in [4.69, 9.17) is 0 Å². The third-order valence-electron chi connectivity index (χ3n) is 2.59. The summed E-state index contributed by atoms with van der Waals surface area (Å²) < 4.78 is 2.14. The first-order chi connectivity index (χ1) is 6.79. The quantitative estimate of drug-likeness (QED) is 0.626. The van der Waals surface area contributed by atoms with Crippen LogP contribution in [-0.2, 0) is 0 Å². The maximum Gasteiger partial charge on any atom is 0.223 e. The minimum atomic E-state index is 1.13. The van der Waals surface area contributed by atoms with Gasteiger partial charge in [0.05, 0.1) is 0 Å². The zero-order valence-corrected chi connectivity index (χ0v) is 8.33. The molecule has 1 heterocycles. The summed E-state index contributed by atoms with van der Waals surface area (Å²) in [5.74, 6) is 0. The molecule has 0 bridgehead atoms. The predicted molar refractivity (Wildman–Crippen MR) is 66.1 cm³/mol. The number of aromatic nitrogens is 1. The van der Waals surface area contributed by atoms with Gasteiger partial charge in [-0.2, -0.15) is 0 Å². The summed E-state index contributed by atoms with van der Waals surface area (Å²) in [5, 5.41) is 1.24. The van der Waals surface area contributed by atoms with Crippen molar-refractivity contribution in [3.63, 3.8) is 0 Å². The Morgan fingerprint density at radius 1 is 1.14 bits per heavy atom. The lowest BCUT2D eigenvalue weighted by Gasteiger charge is -1.98. The summed E-state index contributed by atoms with van der Waals surface area (Å²) in [4.78, 5) is 0. The van der Waals surface area contributed by atoms with Crippen LogP contribution in [0.1, 0.15) is 11.3 Å². The van der Waals surface area contributed by atoms with Crippen molar-refractivity contribution in [2.75, 3.05) is 0 Å². The Morgan fingerprint density at radius 2 is 1.86 bits per heavy atom. The Bertz CT molecular complexity index is 508. The monoisotopic (exact) mass is 181 g/mol. The molecule has 0 saturated carbocycles. The second-order valence-electron chi connectivity index (χ2n) is 3.28. The molecule has 2 aromatic rings. The van der Waals surface area contributed by atoms with Gasteiger partial charge in [-0.15, -0.1) is 0 Å². The van der Waals surface area contributed by atoms with Crippen LogP contribution in [0.15, 0.2) is 37.4 Å². The summed E-state index contributed by atoms with van der Waals surface area (Å²) in [6.45, 7) is 7.67. The second-order valence-corrected chi connectivity index (χ2v) is 3.28. The van der Waals surface area contributed by atoms with E-state index in [1.165, 1.54) is 10.9 Å². The topological polar surface area (TPSA) is 4.93 Å². The van der Waals surface area contributed by atoms with Gasteiger partial charge in [-0.25, -0.2) is 0 Å². The van der Waals surface area contributed by atoms with Crippen LogP contribution in [0.25, 0.3) is 23.1 Å². The molecular weight excluding hydrogens is 169 g/mol. The van der Waals surface area contributed by atoms with E-state index in [2.05, 4.69) is 29.8 Å². The highest BCUT2D eigenvalue weighted by Gasteiger charge is 2.08. The Hall–Kier alpha value is -1.70. The van der Waals surface area contributed by atoms with Gasteiger partial charge in [-0.3, -0.25) is 0 Å². The van der Waals surface area contributed by atoms with Crippen molar-refractivity contribution >= 4 is 31.0 Å². The highest BCUT2D eigenvalue weighted by molar-refractivity contribution is 6.14. The van der Waals surface area contributed by atoms with E-state index in [1.54, 1.807) is 0 Å². The Morgan fingerprint density at radius 3 is 2.50 bits per heavy atom. The molecule has 68 valence electrons. The van der Waals surface area contributed by atoms with E-state index in [9.17, 15) is 0 Å². The van der Waals surface area contributed by atoms with Crippen molar-refractivity contribution in [2.24, 2.45) is 0 Å². The number of nitrogens with zero attached hydrogens (tertiary/aromatic N) is 1. The number of hydrogen-bond acceptors (Lipinski definition) is 0.